The van der Waals surface area contributed by atoms with Crippen LogP contribution < -0.4 is 0 Å². The molecule has 51 heavy (non-hydrogen) atoms. The summed E-state index contributed by atoms with van der Waals surface area (Å²) in [7, 11) is 0. The Balaban J connectivity index is 0.939. The molecule has 0 aromatic rings. The summed E-state index contributed by atoms with van der Waals surface area (Å²) in [5.74, 6) is 2.96. The van der Waals surface area contributed by atoms with Gasteiger partial charge >= 0.3 is 0 Å². The maximum Gasteiger partial charge on any atom is 0.187 e. The van der Waals surface area contributed by atoms with E-state index in [9.17, 15) is 30.6 Å². The van der Waals surface area contributed by atoms with E-state index in [-0.39, 0.29) is 23.0 Å². The number of rotatable bonds is 5. The molecule has 0 amide bonds. The molecule has 290 valence electrons. The van der Waals surface area contributed by atoms with E-state index in [0.29, 0.717) is 41.9 Å². The molecule has 0 aromatic heterocycles. The van der Waals surface area contributed by atoms with E-state index in [0.717, 1.165) is 38.7 Å². The van der Waals surface area contributed by atoms with E-state index in [4.69, 9.17) is 28.4 Å². The van der Waals surface area contributed by atoms with Gasteiger partial charge in [0.25, 0.3) is 0 Å². The molecule has 0 bridgehead atoms. The van der Waals surface area contributed by atoms with Crippen LogP contribution in [0.15, 0.2) is 11.6 Å². The Morgan fingerprint density at radius 1 is 0.824 bits per heavy atom. The quantitative estimate of drug-likeness (QED) is 0.229. The second-order valence-electron chi connectivity index (χ2n) is 18.3. The van der Waals surface area contributed by atoms with Gasteiger partial charge in [0, 0.05) is 12.3 Å². The molecule has 21 atom stereocenters. The Bertz CT molecular complexity index is 1300. The lowest BCUT2D eigenvalue weighted by Gasteiger charge is -2.58. The van der Waals surface area contributed by atoms with Gasteiger partial charge in [-0.3, -0.25) is 0 Å². The molecule has 3 saturated carbocycles. The molecule has 12 heteroatoms. The first-order valence-electron chi connectivity index (χ1n) is 19.8. The Morgan fingerprint density at radius 2 is 1.59 bits per heavy atom. The topological polar surface area (TPSA) is 177 Å². The summed E-state index contributed by atoms with van der Waals surface area (Å²) in [5.41, 5.74) is 1.72. The zero-order valence-electron chi connectivity index (χ0n) is 30.9. The molecule has 8 rings (SSSR count). The van der Waals surface area contributed by atoms with Crippen LogP contribution in [0.2, 0.25) is 0 Å². The minimum atomic E-state index is -1.62. The molecule has 4 aliphatic heterocycles. The lowest BCUT2D eigenvalue weighted by Crippen LogP contribution is -2.64. The monoisotopic (exact) mass is 722 g/mol. The van der Waals surface area contributed by atoms with Gasteiger partial charge < -0.3 is 59.1 Å². The van der Waals surface area contributed by atoms with Crippen LogP contribution in [0.25, 0.3) is 0 Å². The van der Waals surface area contributed by atoms with E-state index in [2.05, 4.69) is 33.8 Å². The highest BCUT2D eigenvalue weighted by atomic mass is 16.7. The number of aliphatic hydroxyl groups is 6. The van der Waals surface area contributed by atoms with Gasteiger partial charge in [0.1, 0.15) is 42.7 Å². The van der Waals surface area contributed by atoms with Gasteiger partial charge in [0.05, 0.1) is 31.5 Å². The van der Waals surface area contributed by atoms with Crippen molar-refractivity contribution in [2.75, 3.05) is 13.2 Å². The third kappa shape index (κ3) is 5.84. The summed E-state index contributed by atoms with van der Waals surface area (Å²) in [4.78, 5) is 0. The van der Waals surface area contributed by atoms with E-state index in [1.54, 1.807) is 0 Å². The smallest absolute Gasteiger partial charge is 0.187 e. The van der Waals surface area contributed by atoms with Crippen LogP contribution in [0.4, 0.5) is 0 Å². The van der Waals surface area contributed by atoms with Gasteiger partial charge in [-0.15, -0.1) is 0 Å². The Hall–Kier alpha value is -0.740. The normalized spacial score (nSPS) is 58.4. The largest absolute Gasteiger partial charge is 0.394 e. The number of aliphatic hydroxyl groups excluding tert-OH is 6. The molecule has 0 aromatic carbocycles. The van der Waals surface area contributed by atoms with Crippen molar-refractivity contribution in [3.63, 3.8) is 0 Å². The van der Waals surface area contributed by atoms with E-state index < -0.39 is 73.8 Å². The first-order chi connectivity index (χ1) is 24.2. The summed E-state index contributed by atoms with van der Waals surface area (Å²) in [6.07, 6.45) is -1.66. The highest BCUT2D eigenvalue weighted by molar-refractivity contribution is 5.26. The summed E-state index contributed by atoms with van der Waals surface area (Å²) < 4.78 is 37.2. The van der Waals surface area contributed by atoms with Crippen molar-refractivity contribution in [3.05, 3.63) is 11.6 Å². The highest BCUT2D eigenvalue weighted by Gasteiger charge is 2.68. The van der Waals surface area contributed by atoms with Crippen molar-refractivity contribution in [3.8, 4) is 0 Å². The van der Waals surface area contributed by atoms with E-state index in [1.807, 2.05) is 0 Å². The maximum absolute atomic E-state index is 11.4. The molecule has 8 aliphatic rings. The molecule has 4 saturated heterocycles. The molecule has 1 spiro atoms. The van der Waals surface area contributed by atoms with Gasteiger partial charge in [0.2, 0.25) is 0 Å². The van der Waals surface area contributed by atoms with Crippen molar-refractivity contribution < 1.29 is 59.1 Å². The fourth-order valence-corrected chi connectivity index (χ4v) is 12.6. The van der Waals surface area contributed by atoms with E-state index >= 15 is 0 Å². The van der Waals surface area contributed by atoms with Gasteiger partial charge in [-0.2, -0.15) is 0 Å². The average molecular weight is 723 g/mol. The van der Waals surface area contributed by atoms with Crippen molar-refractivity contribution in [2.45, 2.75) is 172 Å². The van der Waals surface area contributed by atoms with Crippen molar-refractivity contribution >= 4 is 0 Å². The minimum absolute atomic E-state index is 0.0657. The van der Waals surface area contributed by atoms with Crippen LogP contribution in [0.1, 0.15) is 92.4 Å². The molecule has 0 radical (unpaired) electrons. The molecule has 7 fully saturated rings. The number of hydrogen-bond acceptors (Lipinski definition) is 12. The second-order valence-corrected chi connectivity index (χ2v) is 18.3. The summed E-state index contributed by atoms with van der Waals surface area (Å²) in [6.45, 7) is 11.5. The predicted octanol–water partition coefficient (Wildman–Crippen LogP) is 2.39. The lowest BCUT2D eigenvalue weighted by molar-refractivity contribution is -0.361. The Morgan fingerprint density at radius 3 is 2.31 bits per heavy atom. The van der Waals surface area contributed by atoms with Gasteiger partial charge in [0.15, 0.2) is 18.4 Å². The molecule has 4 heterocycles. The lowest BCUT2D eigenvalue weighted by atomic mass is 9.47. The summed E-state index contributed by atoms with van der Waals surface area (Å²) >= 11 is 0. The third-order valence-electron chi connectivity index (χ3n) is 15.6. The number of ether oxygens (including phenoxy) is 6. The number of hydrogen-bond donors (Lipinski definition) is 6. The minimum Gasteiger partial charge on any atom is -0.394 e. The van der Waals surface area contributed by atoms with Crippen LogP contribution in [0.5, 0.6) is 0 Å². The maximum atomic E-state index is 11.4. The Kier molecular flexibility index (Phi) is 9.83. The van der Waals surface area contributed by atoms with Gasteiger partial charge in [-0.05, 0) is 98.7 Å². The standard InChI is InChI=1S/C39H62O12/c1-18-8-13-39(46-17-18)19(2)28-26(51-39)15-25-23-7-6-21-14-22(9-11-37(21,4)24(23)10-12-38(25,28)5)48-36-33(45)34(30(42)27(16-40)49-36)50-35-32(44)31(43)29(41)20(3)47-35/h6,18-20,22-36,40-45H,7-17H2,1-5H3/t18?,19?,20?,22?,23?,24?,25?,26?,27?,28?,29?,30?,31?,32?,33?,34?,35?,36?,37-,38-,39+/m0/s1. The van der Waals surface area contributed by atoms with Crippen LogP contribution in [0, 0.1) is 46.3 Å². The SMILES string of the molecule is CC1CC[C@@]2(OC1)OC1CC3C4CC=C5CC(OC6OC(CO)C(O)C(OC7OC(C)C(O)C(O)C7O)C6O)CC[C@]5(C)C4CC[C@]3(C)C1C2C. The van der Waals surface area contributed by atoms with Crippen molar-refractivity contribution in [1.82, 2.24) is 0 Å². The fraction of sp³-hybridized carbons (Fsp3) is 0.949. The third-order valence-corrected chi connectivity index (χ3v) is 15.6. The van der Waals surface area contributed by atoms with Crippen LogP contribution in [0.3, 0.4) is 0 Å². The van der Waals surface area contributed by atoms with Crippen LogP contribution >= 0.6 is 0 Å². The number of fused-ring (bicyclic) bond motifs is 7. The first kappa shape index (κ1) is 37.2. The van der Waals surface area contributed by atoms with Crippen LogP contribution in [-0.2, 0) is 28.4 Å². The molecule has 6 N–H and O–H groups in total. The van der Waals surface area contributed by atoms with Crippen LogP contribution in [-0.4, -0.2) is 123 Å². The zero-order valence-corrected chi connectivity index (χ0v) is 30.9. The molecular formula is C39H62O12. The van der Waals surface area contributed by atoms with Gasteiger partial charge in [-0.25, -0.2) is 0 Å². The predicted molar refractivity (Wildman–Crippen MR) is 182 cm³/mol. The second kappa shape index (κ2) is 13.5. The zero-order chi connectivity index (χ0) is 36.2. The van der Waals surface area contributed by atoms with E-state index in [1.165, 1.54) is 31.8 Å². The Labute approximate surface area is 301 Å². The van der Waals surface area contributed by atoms with Gasteiger partial charge in [-0.1, -0.05) is 39.3 Å². The number of allylic oxidation sites excluding steroid dienone is 1. The average Bonchev–Trinajstić information content (AvgIpc) is 3.56. The summed E-state index contributed by atoms with van der Waals surface area (Å²) in [5, 5.41) is 63.2. The first-order valence-corrected chi connectivity index (χ1v) is 19.8. The van der Waals surface area contributed by atoms with Crippen molar-refractivity contribution in [1.29, 1.82) is 0 Å². The molecular weight excluding hydrogens is 660 g/mol. The van der Waals surface area contributed by atoms with Crippen molar-refractivity contribution in [2.24, 2.45) is 46.3 Å². The highest BCUT2D eigenvalue weighted by Crippen LogP contribution is 2.70. The molecule has 4 aliphatic carbocycles. The molecule has 18 unspecified atom stereocenters. The fourth-order valence-electron chi connectivity index (χ4n) is 12.6. The summed E-state index contributed by atoms with van der Waals surface area (Å²) in [6, 6.07) is 0. The molecule has 12 nitrogen and oxygen atoms in total.